The minimum Gasteiger partial charge on any atom is -0.399 e. The van der Waals surface area contributed by atoms with Gasteiger partial charge in [0.2, 0.25) is 5.91 Å². The van der Waals surface area contributed by atoms with E-state index in [2.05, 4.69) is 31.2 Å². The number of hydrogen-bond acceptors (Lipinski definition) is 6. The van der Waals surface area contributed by atoms with Crippen LogP contribution in [-0.2, 0) is 4.79 Å². The van der Waals surface area contributed by atoms with Gasteiger partial charge in [-0.2, -0.15) is 0 Å². The third-order valence-electron chi connectivity index (χ3n) is 2.71. The lowest BCUT2D eigenvalue weighted by atomic mass is 10.3. The number of rotatable bonds is 4. The Hall–Kier alpha value is -1.64. The number of nitrogens with zero attached hydrogens (tertiary/aromatic N) is 2. The van der Waals surface area contributed by atoms with Crippen LogP contribution < -0.4 is 11.1 Å². The van der Waals surface area contributed by atoms with Gasteiger partial charge < -0.3 is 11.1 Å². The van der Waals surface area contributed by atoms with Crippen LogP contribution in [0, 0.1) is 0 Å². The third kappa shape index (κ3) is 3.76. The second kappa shape index (κ2) is 6.64. The number of anilines is 2. The Morgan fingerprint density at radius 3 is 3.05 bits per heavy atom. The van der Waals surface area contributed by atoms with Crippen molar-refractivity contribution in [2.24, 2.45) is 0 Å². The van der Waals surface area contributed by atoms with Crippen molar-refractivity contribution in [2.75, 3.05) is 16.8 Å². The number of nitrogen functional groups attached to an aromatic ring is 1. The fourth-order valence-corrected chi connectivity index (χ4v) is 4.01. The highest BCUT2D eigenvalue weighted by Gasteiger charge is 2.09. The Morgan fingerprint density at radius 1 is 1.36 bits per heavy atom. The summed E-state index contributed by atoms with van der Waals surface area (Å²) < 4.78 is 2.74. The first-order valence-corrected chi connectivity index (χ1v) is 8.90. The van der Waals surface area contributed by atoms with E-state index < -0.39 is 0 Å². The van der Waals surface area contributed by atoms with E-state index in [0.29, 0.717) is 11.5 Å². The Balaban J connectivity index is 1.62. The van der Waals surface area contributed by atoms with Crippen LogP contribution in [0.4, 0.5) is 11.5 Å². The second-order valence-electron chi connectivity index (χ2n) is 4.40. The van der Waals surface area contributed by atoms with Crippen molar-refractivity contribution in [3.8, 4) is 0 Å². The number of aromatic nitrogens is 2. The molecule has 1 amide bonds. The number of thioether (sulfide) groups is 1. The van der Waals surface area contributed by atoms with Crippen LogP contribution in [-0.4, -0.2) is 21.6 Å². The molecule has 0 aliphatic carbocycles. The van der Waals surface area contributed by atoms with E-state index in [1.54, 1.807) is 18.3 Å². The first-order valence-electron chi connectivity index (χ1n) is 6.30. The predicted molar refractivity (Wildman–Crippen MR) is 95.3 cm³/mol. The van der Waals surface area contributed by atoms with Crippen molar-refractivity contribution in [3.63, 3.8) is 0 Å². The van der Waals surface area contributed by atoms with Crippen LogP contribution in [0.15, 0.2) is 45.3 Å². The number of thiazole rings is 1. The first kappa shape index (κ1) is 15.3. The second-order valence-corrected chi connectivity index (χ2v) is 7.57. The zero-order valence-electron chi connectivity index (χ0n) is 11.2. The smallest absolute Gasteiger partial charge is 0.235 e. The lowest BCUT2D eigenvalue weighted by molar-refractivity contribution is -0.113. The average molecular weight is 395 g/mol. The first-order chi connectivity index (χ1) is 10.6. The van der Waals surface area contributed by atoms with Crippen LogP contribution >= 0.6 is 39.0 Å². The summed E-state index contributed by atoms with van der Waals surface area (Å²) in [6, 6.07) is 9.15. The highest BCUT2D eigenvalue weighted by molar-refractivity contribution is 9.10. The lowest BCUT2D eigenvalue weighted by Crippen LogP contribution is -2.14. The number of nitrogens with two attached hydrogens (primary N) is 1. The van der Waals surface area contributed by atoms with E-state index in [9.17, 15) is 4.79 Å². The highest BCUT2D eigenvalue weighted by atomic mass is 79.9. The summed E-state index contributed by atoms with van der Waals surface area (Å²) in [5.74, 6) is 0.690. The summed E-state index contributed by atoms with van der Waals surface area (Å²) in [6.45, 7) is 0. The van der Waals surface area contributed by atoms with Gasteiger partial charge in [-0.3, -0.25) is 4.79 Å². The van der Waals surface area contributed by atoms with E-state index in [1.807, 2.05) is 18.2 Å². The molecule has 22 heavy (non-hydrogen) atoms. The maximum Gasteiger partial charge on any atom is 0.235 e. The van der Waals surface area contributed by atoms with E-state index in [1.165, 1.54) is 23.1 Å². The molecular formula is C14H11BrN4OS2. The fourth-order valence-electron chi connectivity index (χ4n) is 1.76. The number of benzene rings is 1. The number of amides is 1. The topological polar surface area (TPSA) is 80.9 Å². The third-order valence-corrected chi connectivity index (χ3v) is 5.36. The number of fused-ring (bicyclic) bond motifs is 1. The summed E-state index contributed by atoms with van der Waals surface area (Å²) in [7, 11) is 0. The summed E-state index contributed by atoms with van der Waals surface area (Å²) >= 11 is 6.27. The number of carbonyl (C=O) groups excluding carboxylic acids is 1. The number of halogens is 1. The highest BCUT2D eigenvalue weighted by Crippen LogP contribution is 2.30. The molecular weight excluding hydrogens is 384 g/mol. The molecule has 112 valence electrons. The molecule has 0 unspecified atom stereocenters. The van der Waals surface area contributed by atoms with Gasteiger partial charge in [0.15, 0.2) is 4.34 Å². The molecule has 3 N–H and O–H groups in total. The Kier molecular flexibility index (Phi) is 4.60. The van der Waals surface area contributed by atoms with Crippen LogP contribution in [0.2, 0.25) is 0 Å². The molecule has 8 heteroatoms. The van der Waals surface area contributed by atoms with Gasteiger partial charge in [-0.1, -0.05) is 27.7 Å². The summed E-state index contributed by atoms with van der Waals surface area (Å²) in [5.41, 5.74) is 7.36. The summed E-state index contributed by atoms with van der Waals surface area (Å²) in [4.78, 5) is 20.5. The van der Waals surface area contributed by atoms with Crippen LogP contribution in [0.1, 0.15) is 0 Å². The van der Waals surface area contributed by atoms with Crippen molar-refractivity contribution in [1.82, 2.24) is 9.97 Å². The minimum absolute atomic E-state index is 0.116. The molecule has 1 aromatic carbocycles. The van der Waals surface area contributed by atoms with Gasteiger partial charge in [0.1, 0.15) is 5.82 Å². The quantitative estimate of drug-likeness (QED) is 0.519. The Labute approximate surface area is 143 Å². The molecule has 3 aromatic rings. The Bertz CT molecular complexity index is 837. The molecule has 0 fully saturated rings. The molecule has 2 aromatic heterocycles. The number of carbonyl (C=O) groups is 1. The van der Waals surface area contributed by atoms with Crippen molar-refractivity contribution in [1.29, 1.82) is 0 Å². The number of pyridine rings is 1. The van der Waals surface area contributed by atoms with Crippen molar-refractivity contribution >= 4 is 66.7 Å². The SMILES string of the molecule is Nc1ccc2nc(SCC(=O)Nc3cc(Br)ccn3)sc2c1. The van der Waals surface area contributed by atoms with Gasteiger partial charge in [0.25, 0.3) is 0 Å². The fraction of sp³-hybridized carbons (Fsp3) is 0.0714. The molecule has 3 rings (SSSR count). The number of nitrogens with one attached hydrogen (secondary N) is 1. The molecule has 0 spiro atoms. The predicted octanol–water partition coefficient (Wildman–Crippen LogP) is 3.77. The number of hydrogen-bond donors (Lipinski definition) is 2. The van der Waals surface area contributed by atoms with E-state index >= 15 is 0 Å². The van der Waals surface area contributed by atoms with Gasteiger partial charge >= 0.3 is 0 Å². The van der Waals surface area contributed by atoms with Gasteiger partial charge in [0.05, 0.1) is 16.0 Å². The van der Waals surface area contributed by atoms with Crippen molar-refractivity contribution in [2.45, 2.75) is 4.34 Å². The largest absolute Gasteiger partial charge is 0.399 e. The summed E-state index contributed by atoms with van der Waals surface area (Å²) in [6.07, 6.45) is 1.63. The minimum atomic E-state index is -0.116. The Morgan fingerprint density at radius 2 is 2.23 bits per heavy atom. The van der Waals surface area contributed by atoms with Crippen molar-refractivity contribution < 1.29 is 4.79 Å². The van der Waals surface area contributed by atoms with Gasteiger partial charge in [0, 0.05) is 16.4 Å². The standard InChI is InChI=1S/C14H11BrN4OS2/c15-8-3-4-17-12(5-8)19-13(20)7-21-14-18-10-2-1-9(16)6-11(10)22-14/h1-6H,7,16H2,(H,17,19,20). The van der Waals surface area contributed by atoms with E-state index in [0.717, 1.165) is 19.0 Å². The van der Waals surface area contributed by atoms with E-state index in [4.69, 9.17) is 5.73 Å². The lowest BCUT2D eigenvalue weighted by Gasteiger charge is -2.03. The van der Waals surface area contributed by atoms with Crippen LogP contribution in [0.3, 0.4) is 0 Å². The molecule has 2 heterocycles. The maximum absolute atomic E-state index is 11.9. The zero-order valence-corrected chi connectivity index (χ0v) is 14.5. The maximum atomic E-state index is 11.9. The molecule has 0 aliphatic heterocycles. The molecule has 0 saturated heterocycles. The monoisotopic (exact) mass is 394 g/mol. The normalized spacial score (nSPS) is 10.8. The zero-order chi connectivity index (χ0) is 15.5. The van der Waals surface area contributed by atoms with Crippen LogP contribution in [0.25, 0.3) is 10.2 Å². The van der Waals surface area contributed by atoms with Gasteiger partial charge in [-0.25, -0.2) is 9.97 Å². The average Bonchev–Trinajstić information content (AvgIpc) is 2.87. The molecule has 0 atom stereocenters. The van der Waals surface area contributed by atoms with Gasteiger partial charge in [-0.15, -0.1) is 11.3 Å². The molecule has 5 nitrogen and oxygen atoms in total. The van der Waals surface area contributed by atoms with Crippen LogP contribution in [0.5, 0.6) is 0 Å². The summed E-state index contributed by atoms with van der Waals surface area (Å²) in [5, 5.41) is 2.75. The molecule has 0 aliphatic rings. The van der Waals surface area contributed by atoms with E-state index in [-0.39, 0.29) is 11.7 Å². The van der Waals surface area contributed by atoms with Gasteiger partial charge in [-0.05, 0) is 30.3 Å². The van der Waals surface area contributed by atoms with Crippen molar-refractivity contribution in [3.05, 3.63) is 41.0 Å². The molecule has 0 bridgehead atoms. The molecule has 0 radical (unpaired) electrons. The molecule has 0 saturated carbocycles.